The smallest absolute Gasteiger partial charge is 0.355 e. The fourth-order valence-corrected chi connectivity index (χ4v) is 3.41. The first-order chi connectivity index (χ1) is 11.4. The molecule has 0 spiro atoms. The summed E-state index contributed by atoms with van der Waals surface area (Å²) in [5.41, 5.74) is 5.88. The average Bonchev–Trinajstić information content (AvgIpc) is 3.02. The first-order valence-electron chi connectivity index (χ1n) is 7.82. The van der Waals surface area contributed by atoms with E-state index in [1.807, 2.05) is 32.9 Å². The fraction of sp³-hybridized carbons (Fsp3) is 0.412. The quantitative estimate of drug-likeness (QED) is 0.660. The van der Waals surface area contributed by atoms with Crippen LogP contribution in [0.4, 0.5) is 5.69 Å². The van der Waals surface area contributed by atoms with Crippen LogP contribution in [0, 0.1) is 26.7 Å². The van der Waals surface area contributed by atoms with Crippen LogP contribution in [-0.4, -0.2) is 36.1 Å². The van der Waals surface area contributed by atoms with Gasteiger partial charge in [-0.1, -0.05) is 17.7 Å². The number of carbonyl (C=O) groups is 3. The molecule has 0 aromatic heterocycles. The summed E-state index contributed by atoms with van der Waals surface area (Å²) in [4.78, 5) is 38.8. The predicted molar refractivity (Wildman–Crippen MR) is 87.6 cm³/mol. The number of fused-ring (bicyclic) bond motifs is 1. The fourth-order valence-electron chi connectivity index (χ4n) is 3.41. The standard InChI is InChI=1S/C17H19N3O4/c1-5-24-17(23)13-11-12(18-19-13)16(22)20(15(11)21)14-9(3)6-8(2)7-10(14)4/h6-7,11-12,18H,5H2,1-4H3. The third kappa shape index (κ3) is 2.28. The van der Waals surface area contributed by atoms with Crippen LogP contribution in [-0.2, 0) is 19.1 Å². The van der Waals surface area contributed by atoms with Crippen molar-refractivity contribution < 1.29 is 19.1 Å². The van der Waals surface area contributed by atoms with Gasteiger partial charge in [-0.25, -0.2) is 9.69 Å². The molecule has 1 N–H and O–H groups in total. The molecule has 7 nitrogen and oxygen atoms in total. The zero-order chi connectivity index (χ0) is 17.6. The van der Waals surface area contributed by atoms with Gasteiger partial charge in [-0.15, -0.1) is 0 Å². The number of carbonyl (C=O) groups excluding carboxylic acids is 3. The molecule has 126 valence electrons. The molecule has 1 aromatic carbocycles. The summed E-state index contributed by atoms with van der Waals surface area (Å²) in [6.07, 6.45) is 0. The van der Waals surface area contributed by atoms with Crippen molar-refractivity contribution in [3.05, 3.63) is 28.8 Å². The molecule has 2 heterocycles. The zero-order valence-electron chi connectivity index (χ0n) is 14.0. The average molecular weight is 329 g/mol. The summed E-state index contributed by atoms with van der Waals surface area (Å²) in [6, 6.07) is 2.99. The van der Waals surface area contributed by atoms with E-state index in [2.05, 4.69) is 10.5 Å². The van der Waals surface area contributed by atoms with Gasteiger partial charge in [0.15, 0.2) is 5.71 Å². The third-order valence-electron chi connectivity index (χ3n) is 4.27. The highest BCUT2D eigenvalue weighted by Gasteiger charge is 2.56. The number of imide groups is 1. The van der Waals surface area contributed by atoms with Gasteiger partial charge in [0.25, 0.3) is 5.91 Å². The van der Waals surface area contributed by atoms with Gasteiger partial charge in [0.2, 0.25) is 5.91 Å². The van der Waals surface area contributed by atoms with Gasteiger partial charge < -0.3 is 4.74 Å². The van der Waals surface area contributed by atoms with Crippen LogP contribution < -0.4 is 10.3 Å². The molecular weight excluding hydrogens is 310 g/mol. The SMILES string of the molecule is CCOC(=O)C1=NNC2C(=O)N(c3c(C)cc(C)cc3C)C(=O)C12. The van der Waals surface area contributed by atoms with E-state index in [1.165, 1.54) is 4.90 Å². The molecule has 1 aromatic rings. The van der Waals surface area contributed by atoms with Crippen molar-refractivity contribution in [3.63, 3.8) is 0 Å². The van der Waals surface area contributed by atoms with Crippen LogP contribution in [0.25, 0.3) is 0 Å². The number of aryl methyl sites for hydroxylation is 3. The Bertz CT molecular complexity index is 761. The van der Waals surface area contributed by atoms with Crippen LogP contribution in [0.5, 0.6) is 0 Å². The summed E-state index contributed by atoms with van der Waals surface area (Å²) in [5, 5.41) is 3.85. The van der Waals surface area contributed by atoms with Crippen LogP contribution in [0.2, 0.25) is 0 Å². The number of ether oxygens (including phenoxy) is 1. The molecular formula is C17H19N3O4. The Morgan fingerprint density at radius 3 is 2.42 bits per heavy atom. The minimum absolute atomic E-state index is 0.0369. The molecule has 2 aliphatic heterocycles. The van der Waals surface area contributed by atoms with E-state index >= 15 is 0 Å². The lowest BCUT2D eigenvalue weighted by molar-refractivity contribution is -0.136. The highest BCUT2D eigenvalue weighted by atomic mass is 16.5. The molecule has 2 aliphatic rings. The molecule has 24 heavy (non-hydrogen) atoms. The van der Waals surface area contributed by atoms with E-state index in [9.17, 15) is 14.4 Å². The highest BCUT2D eigenvalue weighted by Crippen LogP contribution is 2.35. The summed E-state index contributed by atoms with van der Waals surface area (Å²) in [5.74, 6) is -2.45. The molecule has 1 fully saturated rings. The Morgan fingerprint density at radius 1 is 1.21 bits per heavy atom. The molecule has 3 rings (SSSR count). The summed E-state index contributed by atoms with van der Waals surface area (Å²) >= 11 is 0. The van der Waals surface area contributed by atoms with E-state index in [4.69, 9.17) is 4.74 Å². The maximum Gasteiger partial charge on any atom is 0.355 e. The van der Waals surface area contributed by atoms with Gasteiger partial charge in [0.1, 0.15) is 12.0 Å². The number of amides is 2. The van der Waals surface area contributed by atoms with E-state index in [1.54, 1.807) is 6.92 Å². The maximum absolute atomic E-state index is 12.9. The second-order valence-corrected chi connectivity index (χ2v) is 6.06. The number of nitrogens with zero attached hydrogens (tertiary/aromatic N) is 2. The molecule has 2 atom stereocenters. The minimum atomic E-state index is -0.934. The van der Waals surface area contributed by atoms with Crippen molar-refractivity contribution in [3.8, 4) is 0 Å². The van der Waals surface area contributed by atoms with Gasteiger partial charge in [-0.3, -0.25) is 15.0 Å². The minimum Gasteiger partial charge on any atom is -0.461 e. The van der Waals surface area contributed by atoms with Crippen molar-refractivity contribution in [2.24, 2.45) is 11.0 Å². The van der Waals surface area contributed by atoms with E-state index in [-0.39, 0.29) is 12.3 Å². The molecule has 0 saturated carbocycles. The Kier molecular flexibility index (Phi) is 3.87. The highest BCUT2D eigenvalue weighted by molar-refractivity contribution is 6.46. The van der Waals surface area contributed by atoms with Gasteiger partial charge in [0, 0.05) is 0 Å². The number of esters is 1. The van der Waals surface area contributed by atoms with Crippen LogP contribution in [0.15, 0.2) is 17.2 Å². The van der Waals surface area contributed by atoms with Crippen molar-refractivity contribution in [1.29, 1.82) is 0 Å². The Hall–Kier alpha value is -2.70. The number of hydrogen-bond donors (Lipinski definition) is 1. The molecule has 0 aliphatic carbocycles. The lowest BCUT2D eigenvalue weighted by Gasteiger charge is -2.21. The van der Waals surface area contributed by atoms with Gasteiger partial charge >= 0.3 is 5.97 Å². The monoisotopic (exact) mass is 329 g/mol. The summed E-state index contributed by atoms with van der Waals surface area (Å²) in [6.45, 7) is 7.53. The lowest BCUT2D eigenvalue weighted by Crippen LogP contribution is -2.37. The second kappa shape index (κ2) is 5.74. The Morgan fingerprint density at radius 2 is 1.83 bits per heavy atom. The Balaban J connectivity index is 2.00. The first-order valence-corrected chi connectivity index (χ1v) is 7.82. The van der Waals surface area contributed by atoms with E-state index in [0.717, 1.165) is 16.7 Å². The predicted octanol–water partition coefficient (Wildman–Crippen LogP) is 0.992. The molecule has 2 amide bonds. The number of rotatable bonds is 3. The van der Waals surface area contributed by atoms with E-state index < -0.39 is 29.7 Å². The van der Waals surface area contributed by atoms with Crippen molar-refractivity contribution >= 4 is 29.2 Å². The largest absolute Gasteiger partial charge is 0.461 e. The number of hydrazone groups is 1. The molecule has 7 heteroatoms. The van der Waals surface area contributed by atoms with Crippen molar-refractivity contribution in [2.75, 3.05) is 11.5 Å². The lowest BCUT2D eigenvalue weighted by atomic mass is 9.99. The summed E-state index contributed by atoms with van der Waals surface area (Å²) < 4.78 is 4.93. The van der Waals surface area contributed by atoms with Crippen LogP contribution in [0.3, 0.4) is 0 Å². The first kappa shape index (κ1) is 16.2. The van der Waals surface area contributed by atoms with Crippen molar-refractivity contribution in [2.45, 2.75) is 33.7 Å². The van der Waals surface area contributed by atoms with Gasteiger partial charge in [-0.2, -0.15) is 5.10 Å². The molecule has 2 unspecified atom stereocenters. The van der Waals surface area contributed by atoms with Crippen LogP contribution in [0.1, 0.15) is 23.6 Å². The molecule has 0 bridgehead atoms. The maximum atomic E-state index is 12.9. The molecule has 1 saturated heterocycles. The topological polar surface area (TPSA) is 88.1 Å². The number of anilines is 1. The normalized spacial score (nSPS) is 22.3. The summed E-state index contributed by atoms with van der Waals surface area (Å²) in [7, 11) is 0. The zero-order valence-corrected chi connectivity index (χ0v) is 14.0. The van der Waals surface area contributed by atoms with Crippen molar-refractivity contribution in [1.82, 2.24) is 5.43 Å². The Labute approximate surface area is 139 Å². The molecule has 0 radical (unpaired) electrons. The number of nitrogens with one attached hydrogen (secondary N) is 1. The number of benzene rings is 1. The van der Waals surface area contributed by atoms with Crippen LogP contribution >= 0.6 is 0 Å². The second-order valence-electron chi connectivity index (χ2n) is 6.06. The number of hydrogen-bond acceptors (Lipinski definition) is 6. The van der Waals surface area contributed by atoms with Gasteiger partial charge in [-0.05, 0) is 38.8 Å². The third-order valence-corrected chi connectivity index (χ3v) is 4.27. The van der Waals surface area contributed by atoms with E-state index in [0.29, 0.717) is 5.69 Å². The van der Waals surface area contributed by atoms with Gasteiger partial charge in [0.05, 0.1) is 12.3 Å².